The number of aryl methyl sites for hydroxylation is 1. The maximum Gasteiger partial charge on any atom is 0.394 e. The Morgan fingerprint density at radius 1 is 0.850 bits per heavy atom. The molecule has 9 nitrogen and oxygen atoms in total. The van der Waals surface area contributed by atoms with E-state index < -0.39 is 20.8 Å². The molecule has 20 heavy (non-hydrogen) atoms. The molecule has 0 amide bonds. The number of hydrogen-bond donors (Lipinski definition) is 4. The molecule has 11 heteroatoms. The first-order valence-electron chi connectivity index (χ1n) is 5.27. The van der Waals surface area contributed by atoms with Gasteiger partial charge in [-0.25, -0.2) is 4.57 Å². The molecule has 1 aromatic rings. The zero-order valence-corrected chi connectivity index (χ0v) is 12.3. The van der Waals surface area contributed by atoms with E-state index in [2.05, 4.69) is 36.0 Å². The highest BCUT2D eigenvalue weighted by Crippen LogP contribution is 1.85. The summed E-state index contributed by atoms with van der Waals surface area (Å²) >= 11 is 0. The van der Waals surface area contributed by atoms with Gasteiger partial charge in [-0.1, -0.05) is 19.4 Å². The summed E-state index contributed by atoms with van der Waals surface area (Å²) < 4.78 is 65.4. The Balaban J connectivity index is 0. The summed E-state index contributed by atoms with van der Waals surface area (Å²) in [6.07, 6.45) is 6.75. The smallest absolute Gasteiger partial charge is 0.264 e. The Kier molecular flexibility index (Phi) is 11.3. The maximum atomic E-state index is 8.74. The van der Waals surface area contributed by atoms with Gasteiger partial charge in [-0.2, -0.15) is 16.8 Å². The number of hydrogen-bond acceptors (Lipinski definition) is 4. The quantitative estimate of drug-likeness (QED) is 0.460. The van der Waals surface area contributed by atoms with Crippen molar-refractivity contribution in [1.29, 1.82) is 0 Å². The van der Waals surface area contributed by atoms with Crippen molar-refractivity contribution >= 4 is 20.8 Å². The molecule has 0 aliphatic heterocycles. The van der Waals surface area contributed by atoms with E-state index in [-0.39, 0.29) is 0 Å². The summed E-state index contributed by atoms with van der Waals surface area (Å²) in [5.74, 6) is 0. The molecule has 1 rings (SSSR count). The number of nitrogens with zero attached hydrogens (tertiary/aromatic N) is 1. The van der Waals surface area contributed by atoms with Crippen molar-refractivity contribution in [2.24, 2.45) is 0 Å². The first-order chi connectivity index (χ1) is 8.93. The molecule has 0 fully saturated rings. The lowest BCUT2D eigenvalue weighted by Gasteiger charge is -1.91. The highest BCUT2D eigenvalue weighted by Gasteiger charge is 1.93. The van der Waals surface area contributed by atoms with Crippen molar-refractivity contribution in [3.05, 3.63) is 30.6 Å². The molecule has 0 unspecified atom stereocenters. The molecule has 0 bridgehead atoms. The van der Waals surface area contributed by atoms with Gasteiger partial charge >= 0.3 is 20.8 Å². The van der Waals surface area contributed by atoms with Crippen LogP contribution in [-0.2, 0) is 27.3 Å². The van der Waals surface area contributed by atoms with E-state index in [1.807, 2.05) is 6.07 Å². The van der Waals surface area contributed by atoms with E-state index in [0.29, 0.717) is 0 Å². The molecule has 0 spiro atoms. The second-order valence-electron chi connectivity index (χ2n) is 3.36. The van der Waals surface area contributed by atoms with Crippen LogP contribution in [0.5, 0.6) is 0 Å². The van der Waals surface area contributed by atoms with Crippen LogP contribution in [0.15, 0.2) is 30.6 Å². The lowest BCUT2D eigenvalue weighted by molar-refractivity contribution is -0.697. The lowest BCUT2D eigenvalue weighted by atomic mass is 10.3. The van der Waals surface area contributed by atoms with Gasteiger partial charge in [-0.15, -0.1) is 0 Å². The van der Waals surface area contributed by atoms with Crippen LogP contribution in [0.25, 0.3) is 0 Å². The van der Waals surface area contributed by atoms with Crippen LogP contribution in [0.2, 0.25) is 0 Å². The monoisotopic (exact) mass is 332 g/mol. The molecule has 0 radical (unpaired) electrons. The van der Waals surface area contributed by atoms with Crippen molar-refractivity contribution in [2.75, 3.05) is 0 Å². The standard InChI is InChI=1S/C9H14N.2H2O4S/c1-2-3-7-10-8-5-4-6-9-10;2*1-5(2,3)4/h4-6,8-9H,2-3,7H2,1H3;2*(H2,1,2,3,4)/q+1;;. The van der Waals surface area contributed by atoms with Crippen LogP contribution in [0.4, 0.5) is 0 Å². The summed E-state index contributed by atoms with van der Waals surface area (Å²) in [5, 5.41) is 0. The first-order valence-corrected chi connectivity index (χ1v) is 8.06. The Labute approximate surface area is 118 Å². The van der Waals surface area contributed by atoms with Gasteiger partial charge in [0.25, 0.3) is 0 Å². The molecule has 0 atom stereocenters. The number of aromatic nitrogens is 1. The Bertz CT molecular complexity index is 495. The average molecular weight is 332 g/mol. The lowest BCUT2D eigenvalue weighted by Crippen LogP contribution is -2.31. The van der Waals surface area contributed by atoms with Crippen LogP contribution in [0.1, 0.15) is 19.8 Å². The minimum absolute atomic E-state index is 1.15. The zero-order chi connectivity index (χ0) is 16.2. The van der Waals surface area contributed by atoms with Crippen LogP contribution in [-0.4, -0.2) is 35.0 Å². The van der Waals surface area contributed by atoms with Gasteiger partial charge in [-0.05, 0) is 0 Å². The van der Waals surface area contributed by atoms with Crippen LogP contribution >= 0.6 is 0 Å². The zero-order valence-electron chi connectivity index (χ0n) is 10.7. The second-order valence-corrected chi connectivity index (χ2v) is 5.15. The molecule has 1 aromatic heterocycles. The van der Waals surface area contributed by atoms with Crippen molar-refractivity contribution in [1.82, 2.24) is 0 Å². The number of pyridine rings is 1. The normalized spacial score (nSPS) is 10.7. The molecular weight excluding hydrogens is 314 g/mol. The van der Waals surface area contributed by atoms with Crippen molar-refractivity contribution in [2.45, 2.75) is 26.3 Å². The molecular formula is C9H18NO8S2+. The van der Waals surface area contributed by atoms with Gasteiger partial charge in [0.05, 0.1) is 0 Å². The third kappa shape index (κ3) is 36.0. The molecule has 118 valence electrons. The highest BCUT2D eigenvalue weighted by molar-refractivity contribution is 7.80. The Morgan fingerprint density at radius 3 is 1.50 bits per heavy atom. The molecule has 1 heterocycles. The van der Waals surface area contributed by atoms with E-state index in [1.54, 1.807) is 0 Å². The fourth-order valence-electron chi connectivity index (χ4n) is 0.924. The minimum atomic E-state index is -4.67. The third-order valence-corrected chi connectivity index (χ3v) is 1.55. The Morgan fingerprint density at radius 2 is 1.20 bits per heavy atom. The van der Waals surface area contributed by atoms with E-state index in [4.69, 9.17) is 35.0 Å². The topological polar surface area (TPSA) is 153 Å². The third-order valence-electron chi connectivity index (χ3n) is 1.55. The molecule has 0 saturated carbocycles. The summed E-state index contributed by atoms with van der Waals surface area (Å²) in [4.78, 5) is 0. The summed E-state index contributed by atoms with van der Waals surface area (Å²) in [6.45, 7) is 3.36. The summed E-state index contributed by atoms with van der Waals surface area (Å²) in [6, 6.07) is 6.17. The number of unbranched alkanes of at least 4 members (excludes halogenated alkanes) is 1. The van der Waals surface area contributed by atoms with Gasteiger partial charge in [-0.3, -0.25) is 18.2 Å². The van der Waals surface area contributed by atoms with Crippen LogP contribution in [0.3, 0.4) is 0 Å². The van der Waals surface area contributed by atoms with Gasteiger partial charge in [0.15, 0.2) is 12.4 Å². The fraction of sp³-hybridized carbons (Fsp3) is 0.444. The van der Waals surface area contributed by atoms with Crippen molar-refractivity contribution in [3.8, 4) is 0 Å². The summed E-state index contributed by atoms with van der Waals surface area (Å²) in [5.41, 5.74) is 0. The first kappa shape index (κ1) is 21.2. The summed E-state index contributed by atoms with van der Waals surface area (Å²) in [7, 11) is -9.33. The number of rotatable bonds is 3. The SMILES string of the molecule is CCCC[n+]1ccccc1.O=S(=O)(O)O.O=S(=O)(O)O. The van der Waals surface area contributed by atoms with Gasteiger partial charge in [0.2, 0.25) is 0 Å². The molecule has 4 N–H and O–H groups in total. The predicted octanol–water partition coefficient (Wildman–Crippen LogP) is 0.469. The van der Waals surface area contributed by atoms with E-state index in [9.17, 15) is 0 Å². The molecule has 0 aliphatic carbocycles. The van der Waals surface area contributed by atoms with Crippen molar-refractivity contribution in [3.63, 3.8) is 0 Å². The van der Waals surface area contributed by atoms with Gasteiger partial charge in [0.1, 0.15) is 6.54 Å². The van der Waals surface area contributed by atoms with Crippen molar-refractivity contribution < 1.29 is 39.6 Å². The fourth-order valence-corrected chi connectivity index (χ4v) is 0.924. The average Bonchev–Trinajstić information content (AvgIpc) is 2.23. The second kappa shape index (κ2) is 10.7. The van der Waals surface area contributed by atoms with Crippen LogP contribution in [0, 0.1) is 0 Å². The van der Waals surface area contributed by atoms with E-state index in [1.165, 1.54) is 12.8 Å². The largest absolute Gasteiger partial charge is 0.394 e. The maximum absolute atomic E-state index is 8.74. The minimum Gasteiger partial charge on any atom is -0.264 e. The Hall–Kier alpha value is -1.11. The predicted molar refractivity (Wildman–Crippen MR) is 69.9 cm³/mol. The van der Waals surface area contributed by atoms with E-state index in [0.717, 1.165) is 6.54 Å². The molecule has 0 aliphatic rings. The molecule has 0 saturated heterocycles. The van der Waals surface area contributed by atoms with Crippen LogP contribution < -0.4 is 4.57 Å². The van der Waals surface area contributed by atoms with E-state index >= 15 is 0 Å². The van der Waals surface area contributed by atoms with Gasteiger partial charge < -0.3 is 0 Å². The highest BCUT2D eigenvalue weighted by atomic mass is 32.3. The van der Waals surface area contributed by atoms with Gasteiger partial charge in [0, 0.05) is 18.6 Å². The molecule has 0 aromatic carbocycles.